The third-order valence-corrected chi connectivity index (χ3v) is 8.03. The fourth-order valence-electron chi connectivity index (χ4n) is 5.53. The molecule has 2 aromatic heterocycles. The molecule has 0 aliphatic carbocycles. The molecule has 0 saturated carbocycles. The number of unbranched alkanes of at least 4 members (excludes halogenated alkanes) is 1. The molecule has 4 aromatic rings. The average molecular weight is 599 g/mol. The fourth-order valence-corrected chi connectivity index (χ4v) is 5.53. The molecule has 12 heteroatoms. The van der Waals surface area contributed by atoms with Crippen LogP contribution in [0.2, 0.25) is 0 Å². The molecule has 2 amide bonds. The van der Waals surface area contributed by atoms with Crippen LogP contribution in [0.5, 0.6) is 5.75 Å². The summed E-state index contributed by atoms with van der Waals surface area (Å²) in [6.45, 7) is 13.9. The Bertz CT molecular complexity index is 1640. The largest absolute Gasteiger partial charge is 0.493 e. The SMILES string of the molecule is CCCCNC(=O)N(c1ccc(N(C)CC)cc1C)C1(n2cncn2)C(C)=Nn2nc(CCOc3ccc(C)cc3C)nc21. The summed E-state index contributed by atoms with van der Waals surface area (Å²) in [6, 6.07) is 11.9. The number of nitrogens with zero attached hydrogens (tertiary/aromatic N) is 9. The minimum Gasteiger partial charge on any atom is -0.493 e. The van der Waals surface area contributed by atoms with Crippen molar-refractivity contribution in [1.29, 1.82) is 0 Å². The molecule has 1 N–H and O–H groups in total. The molecular formula is C32H42N10O2. The molecule has 2 aromatic carbocycles. The summed E-state index contributed by atoms with van der Waals surface area (Å²) in [5.74, 6) is 1.83. The predicted molar refractivity (Wildman–Crippen MR) is 172 cm³/mol. The minimum absolute atomic E-state index is 0.292. The maximum atomic E-state index is 14.3. The highest BCUT2D eigenvalue weighted by Gasteiger charge is 2.55. The number of nitrogens with one attached hydrogen (secondary N) is 1. The summed E-state index contributed by atoms with van der Waals surface area (Å²) in [5, 5.41) is 17.2. The molecule has 44 heavy (non-hydrogen) atoms. The van der Waals surface area contributed by atoms with Gasteiger partial charge in [-0.05, 0) is 76.4 Å². The van der Waals surface area contributed by atoms with Gasteiger partial charge in [0.1, 0.15) is 18.4 Å². The quantitative estimate of drug-likeness (QED) is 0.232. The van der Waals surface area contributed by atoms with E-state index in [9.17, 15) is 4.79 Å². The summed E-state index contributed by atoms with van der Waals surface area (Å²) < 4.78 is 7.72. The van der Waals surface area contributed by atoms with E-state index in [0.29, 0.717) is 42.6 Å². The number of carbonyl (C=O) groups excluding carboxylic acids is 1. The van der Waals surface area contributed by atoms with E-state index in [2.05, 4.69) is 53.2 Å². The first kappa shape index (κ1) is 30.7. The maximum Gasteiger partial charge on any atom is 0.324 e. The first-order valence-electron chi connectivity index (χ1n) is 15.2. The summed E-state index contributed by atoms with van der Waals surface area (Å²) in [4.78, 5) is 28.9. The average Bonchev–Trinajstić information content (AvgIpc) is 3.73. The Morgan fingerprint density at radius 2 is 1.89 bits per heavy atom. The Morgan fingerprint density at radius 3 is 2.57 bits per heavy atom. The van der Waals surface area contributed by atoms with Crippen LogP contribution in [0.3, 0.4) is 0 Å². The van der Waals surface area contributed by atoms with E-state index in [-0.39, 0.29) is 6.03 Å². The van der Waals surface area contributed by atoms with Gasteiger partial charge in [0.2, 0.25) is 11.5 Å². The van der Waals surface area contributed by atoms with Crippen LogP contribution in [-0.4, -0.2) is 68.1 Å². The highest BCUT2D eigenvalue weighted by atomic mass is 16.5. The van der Waals surface area contributed by atoms with E-state index in [1.807, 2.05) is 52.1 Å². The number of carbonyl (C=O) groups is 1. The van der Waals surface area contributed by atoms with E-state index >= 15 is 0 Å². The molecule has 1 unspecified atom stereocenters. The van der Waals surface area contributed by atoms with Crippen molar-refractivity contribution in [3.8, 4) is 5.75 Å². The Labute approximate surface area is 258 Å². The topological polar surface area (TPSA) is 119 Å². The summed E-state index contributed by atoms with van der Waals surface area (Å²) in [6.07, 6.45) is 5.30. The molecule has 0 spiro atoms. The lowest BCUT2D eigenvalue weighted by Gasteiger charge is -2.40. The van der Waals surface area contributed by atoms with Gasteiger partial charge in [-0.1, -0.05) is 31.0 Å². The number of hydrogen-bond acceptors (Lipinski definition) is 8. The molecule has 12 nitrogen and oxygen atoms in total. The maximum absolute atomic E-state index is 14.3. The minimum atomic E-state index is -1.35. The van der Waals surface area contributed by atoms with E-state index < -0.39 is 5.66 Å². The molecule has 3 heterocycles. The van der Waals surface area contributed by atoms with Crippen LogP contribution in [0.4, 0.5) is 16.2 Å². The lowest BCUT2D eigenvalue weighted by atomic mass is 9.99. The van der Waals surface area contributed by atoms with Gasteiger partial charge in [0.15, 0.2) is 5.82 Å². The van der Waals surface area contributed by atoms with Gasteiger partial charge in [0.05, 0.1) is 18.0 Å². The van der Waals surface area contributed by atoms with Gasteiger partial charge < -0.3 is 15.0 Å². The number of urea groups is 1. The Balaban J connectivity index is 1.58. The lowest BCUT2D eigenvalue weighted by Crippen LogP contribution is -2.61. The Morgan fingerprint density at radius 1 is 1.07 bits per heavy atom. The fraction of sp³-hybridized carbons (Fsp3) is 0.438. The van der Waals surface area contributed by atoms with Crippen molar-refractivity contribution in [2.75, 3.05) is 36.5 Å². The second-order valence-corrected chi connectivity index (χ2v) is 11.2. The monoisotopic (exact) mass is 598 g/mol. The molecule has 0 saturated heterocycles. The number of benzene rings is 2. The van der Waals surface area contributed by atoms with E-state index in [0.717, 1.165) is 42.0 Å². The van der Waals surface area contributed by atoms with Crippen LogP contribution >= 0.6 is 0 Å². The number of aromatic nitrogens is 6. The van der Waals surface area contributed by atoms with Crippen molar-refractivity contribution >= 4 is 23.1 Å². The second kappa shape index (κ2) is 12.9. The number of aryl methyl sites for hydroxylation is 3. The predicted octanol–water partition coefficient (Wildman–Crippen LogP) is 4.83. The standard InChI is InChI=1S/C32H42N10O2/c1-8-10-16-34-31(43)41(27-13-12-26(19-23(27)4)39(7)9-2)32(40-21-33-20-35-40)25(6)37-42-30(32)36-29(38-42)15-17-44-28-14-11-22(3)18-24(28)5/h11-14,18-21H,8-10,15-17H2,1-7H3,(H,34,43). The van der Waals surface area contributed by atoms with E-state index in [4.69, 9.17) is 19.9 Å². The molecule has 1 atom stereocenters. The number of fused-ring (bicyclic) bond motifs is 1. The Kier molecular flexibility index (Phi) is 8.98. The van der Waals surface area contributed by atoms with Crippen LogP contribution in [0.25, 0.3) is 0 Å². The molecule has 232 valence electrons. The van der Waals surface area contributed by atoms with E-state index in [1.165, 1.54) is 16.7 Å². The van der Waals surface area contributed by atoms with Gasteiger partial charge in [0.25, 0.3) is 0 Å². The van der Waals surface area contributed by atoms with Crippen LogP contribution in [0.1, 0.15) is 62.0 Å². The zero-order valence-corrected chi connectivity index (χ0v) is 26.7. The smallest absolute Gasteiger partial charge is 0.324 e. The normalized spacial score (nSPS) is 15.6. The molecule has 5 rings (SSSR count). The second-order valence-electron chi connectivity index (χ2n) is 11.2. The zero-order chi connectivity index (χ0) is 31.4. The van der Waals surface area contributed by atoms with Gasteiger partial charge in [0, 0.05) is 32.2 Å². The summed E-state index contributed by atoms with van der Waals surface area (Å²) in [7, 11) is 2.04. The van der Waals surface area contributed by atoms with Gasteiger partial charge in [-0.25, -0.2) is 19.4 Å². The molecule has 0 fully saturated rings. The van der Waals surface area contributed by atoms with Crippen molar-refractivity contribution in [2.45, 2.75) is 66.5 Å². The van der Waals surface area contributed by atoms with Crippen molar-refractivity contribution < 1.29 is 9.53 Å². The van der Waals surface area contributed by atoms with E-state index in [1.54, 1.807) is 15.9 Å². The highest BCUT2D eigenvalue weighted by molar-refractivity contribution is 6.06. The van der Waals surface area contributed by atoms with Gasteiger partial charge >= 0.3 is 6.03 Å². The van der Waals surface area contributed by atoms with Gasteiger partial charge in [-0.3, -0.25) is 4.90 Å². The first-order chi connectivity index (χ1) is 21.2. The van der Waals surface area contributed by atoms with Crippen LogP contribution in [0, 0.1) is 20.8 Å². The zero-order valence-electron chi connectivity index (χ0n) is 26.7. The molecule has 0 bridgehead atoms. The Hall–Kier alpha value is -4.74. The third-order valence-electron chi connectivity index (χ3n) is 8.03. The van der Waals surface area contributed by atoms with Gasteiger partial charge in [-0.2, -0.15) is 10.2 Å². The number of ether oxygens (including phenoxy) is 1. The third kappa shape index (κ3) is 5.63. The van der Waals surface area contributed by atoms with Crippen molar-refractivity contribution in [2.24, 2.45) is 5.10 Å². The number of rotatable bonds is 12. The van der Waals surface area contributed by atoms with Crippen LogP contribution in [-0.2, 0) is 12.1 Å². The molecule has 0 radical (unpaired) electrons. The molecule has 1 aliphatic rings. The van der Waals surface area contributed by atoms with Crippen molar-refractivity contribution in [3.05, 3.63) is 77.4 Å². The number of anilines is 2. The lowest BCUT2D eigenvalue weighted by molar-refractivity contribution is 0.237. The number of amides is 2. The summed E-state index contributed by atoms with van der Waals surface area (Å²) >= 11 is 0. The highest BCUT2D eigenvalue weighted by Crippen LogP contribution is 2.40. The van der Waals surface area contributed by atoms with Crippen molar-refractivity contribution in [1.82, 2.24) is 35.0 Å². The first-order valence-corrected chi connectivity index (χ1v) is 15.2. The van der Waals surface area contributed by atoms with Crippen LogP contribution in [0.15, 0.2) is 54.2 Å². The van der Waals surface area contributed by atoms with Crippen LogP contribution < -0.4 is 19.9 Å². The molecule has 1 aliphatic heterocycles. The van der Waals surface area contributed by atoms with Crippen molar-refractivity contribution in [3.63, 3.8) is 0 Å². The molecular weight excluding hydrogens is 556 g/mol. The summed E-state index contributed by atoms with van der Waals surface area (Å²) in [5.41, 5.74) is 4.17. The number of hydrogen-bond donors (Lipinski definition) is 1. The van der Waals surface area contributed by atoms with Gasteiger partial charge in [-0.15, -0.1) is 9.89 Å².